The van der Waals surface area contributed by atoms with Gasteiger partial charge in [-0.2, -0.15) is 5.26 Å². The van der Waals surface area contributed by atoms with Gasteiger partial charge in [0.05, 0.1) is 30.4 Å². The Morgan fingerprint density at radius 2 is 1.83 bits per heavy atom. The molecule has 0 atom stereocenters. The van der Waals surface area contributed by atoms with Gasteiger partial charge in [-0.1, -0.05) is 0 Å². The van der Waals surface area contributed by atoms with Gasteiger partial charge in [0, 0.05) is 31.2 Å². The van der Waals surface area contributed by atoms with Gasteiger partial charge in [0.15, 0.2) is 0 Å². The van der Waals surface area contributed by atoms with E-state index in [9.17, 15) is 4.79 Å². The summed E-state index contributed by atoms with van der Waals surface area (Å²) in [7, 11) is 0. The predicted molar refractivity (Wildman–Crippen MR) is 84.2 cm³/mol. The molecule has 1 N–H and O–H groups in total. The highest BCUT2D eigenvalue weighted by Gasteiger charge is 2.14. The van der Waals surface area contributed by atoms with Crippen molar-refractivity contribution in [2.75, 3.05) is 36.5 Å². The number of nitriles is 1. The van der Waals surface area contributed by atoms with Crippen LogP contribution < -0.4 is 10.2 Å². The molecule has 0 spiro atoms. The third kappa shape index (κ3) is 3.62. The molecule has 7 nitrogen and oxygen atoms in total. The summed E-state index contributed by atoms with van der Waals surface area (Å²) < 4.78 is 5.28. The van der Waals surface area contributed by atoms with Crippen LogP contribution in [0.2, 0.25) is 0 Å². The largest absolute Gasteiger partial charge is 0.378 e. The molecule has 116 valence electrons. The Morgan fingerprint density at radius 3 is 2.43 bits per heavy atom. The molecule has 1 aromatic carbocycles. The maximum Gasteiger partial charge on any atom is 0.258 e. The van der Waals surface area contributed by atoms with Crippen molar-refractivity contribution in [1.82, 2.24) is 9.97 Å². The lowest BCUT2D eigenvalue weighted by Crippen LogP contribution is -2.37. The number of nitrogens with one attached hydrogen (secondary N) is 1. The normalized spacial score (nSPS) is 14.1. The fourth-order valence-electron chi connectivity index (χ4n) is 2.20. The van der Waals surface area contributed by atoms with Crippen molar-refractivity contribution in [1.29, 1.82) is 5.26 Å². The SMILES string of the molecule is N#Cc1ccc(NC(=O)c2cnc(N3CCOCC3)nc2)cc1. The number of aromatic nitrogens is 2. The third-order valence-corrected chi connectivity index (χ3v) is 3.47. The van der Waals surface area contributed by atoms with Crippen LogP contribution in [0.3, 0.4) is 0 Å². The molecule has 1 amide bonds. The molecule has 7 heteroatoms. The van der Waals surface area contributed by atoms with E-state index < -0.39 is 0 Å². The van der Waals surface area contributed by atoms with Gasteiger partial charge in [0.1, 0.15) is 0 Å². The number of anilines is 2. The Hall–Kier alpha value is -2.98. The van der Waals surface area contributed by atoms with Gasteiger partial charge in [0.2, 0.25) is 5.95 Å². The molecular weight excluding hydrogens is 294 g/mol. The van der Waals surface area contributed by atoms with Crippen LogP contribution in [0.25, 0.3) is 0 Å². The lowest BCUT2D eigenvalue weighted by atomic mass is 10.2. The average molecular weight is 309 g/mol. The van der Waals surface area contributed by atoms with Crippen molar-refractivity contribution < 1.29 is 9.53 Å². The molecule has 0 radical (unpaired) electrons. The van der Waals surface area contributed by atoms with E-state index in [0.717, 1.165) is 13.1 Å². The average Bonchev–Trinajstić information content (AvgIpc) is 2.63. The molecule has 23 heavy (non-hydrogen) atoms. The highest BCUT2D eigenvalue weighted by atomic mass is 16.5. The zero-order valence-corrected chi connectivity index (χ0v) is 12.4. The number of amides is 1. The zero-order chi connectivity index (χ0) is 16.1. The first kappa shape index (κ1) is 14.9. The van der Waals surface area contributed by atoms with Crippen LogP contribution in [0, 0.1) is 11.3 Å². The minimum absolute atomic E-state index is 0.289. The molecule has 1 aliphatic heterocycles. The molecule has 0 bridgehead atoms. The second-order valence-electron chi connectivity index (χ2n) is 5.01. The van der Waals surface area contributed by atoms with E-state index in [1.165, 1.54) is 12.4 Å². The van der Waals surface area contributed by atoms with E-state index in [2.05, 4.69) is 15.3 Å². The van der Waals surface area contributed by atoms with Crippen LogP contribution >= 0.6 is 0 Å². The fraction of sp³-hybridized carbons (Fsp3) is 0.250. The second-order valence-corrected chi connectivity index (χ2v) is 5.01. The first-order chi connectivity index (χ1) is 11.3. The summed E-state index contributed by atoms with van der Waals surface area (Å²) in [6.45, 7) is 2.81. The molecule has 0 aliphatic carbocycles. The Bertz CT molecular complexity index is 716. The molecule has 0 unspecified atom stereocenters. The molecule has 1 saturated heterocycles. The smallest absolute Gasteiger partial charge is 0.258 e. The van der Waals surface area contributed by atoms with E-state index in [0.29, 0.717) is 36.0 Å². The van der Waals surface area contributed by atoms with Gasteiger partial charge in [0.25, 0.3) is 5.91 Å². The zero-order valence-electron chi connectivity index (χ0n) is 12.4. The van der Waals surface area contributed by atoms with Gasteiger partial charge in [-0.25, -0.2) is 9.97 Å². The van der Waals surface area contributed by atoms with Crippen molar-refractivity contribution in [3.8, 4) is 6.07 Å². The number of hydrogen-bond acceptors (Lipinski definition) is 6. The van der Waals surface area contributed by atoms with E-state index in [-0.39, 0.29) is 5.91 Å². The number of rotatable bonds is 3. The lowest BCUT2D eigenvalue weighted by Gasteiger charge is -2.26. The van der Waals surface area contributed by atoms with Crippen LogP contribution in [0.15, 0.2) is 36.7 Å². The minimum Gasteiger partial charge on any atom is -0.378 e. The van der Waals surface area contributed by atoms with Crippen LogP contribution in [-0.4, -0.2) is 42.2 Å². The summed E-state index contributed by atoms with van der Waals surface area (Å²) in [5.74, 6) is 0.312. The van der Waals surface area contributed by atoms with Gasteiger partial charge < -0.3 is 15.0 Å². The van der Waals surface area contributed by atoms with Crippen molar-refractivity contribution in [3.63, 3.8) is 0 Å². The fourth-order valence-corrected chi connectivity index (χ4v) is 2.20. The van der Waals surface area contributed by atoms with Crippen LogP contribution in [-0.2, 0) is 4.74 Å². The Morgan fingerprint density at radius 1 is 1.17 bits per heavy atom. The number of benzene rings is 1. The number of hydrogen-bond donors (Lipinski definition) is 1. The van der Waals surface area contributed by atoms with Gasteiger partial charge in [-0.05, 0) is 24.3 Å². The van der Waals surface area contributed by atoms with Crippen LogP contribution in [0.5, 0.6) is 0 Å². The van der Waals surface area contributed by atoms with E-state index in [1.54, 1.807) is 24.3 Å². The highest BCUT2D eigenvalue weighted by Crippen LogP contribution is 2.12. The number of carbonyl (C=O) groups is 1. The first-order valence-corrected chi connectivity index (χ1v) is 7.22. The van der Waals surface area contributed by atoms with Crippen molar-refractivity contribution >= 4 is 17.5 Å². The molecule has 0 saturated carbocycles. The summed E-state index contributed by atoms with van der Waals surface area (Å²) in [5, 5.41) is 11.5. The lowest BCUT2D eigenvalue weighted by molar-refractivity contribution is 0.102. The topological polar surface area (TPSA) is 91.1 Å². The predicted octanol–water partition coefficient (Wildman–Crippen LogP) is 1.44. The maximum absolute atomic E-state index is 12.2. The third-order valence-electron chi connectivity index (χ3n) is 3.47. The van der Waals surface area contributed by atoms with Crippen molar-refractivity contribution in [2.24, 2.45) is 0 Å². The number of ether oxygens (including phenoxy) is 1. The summed E-state index contributed by atoms with van der Waals surface area (Å²) in [6.07, 6.45) is 3.02. The van der Waals surface area contributed by atoms with E-state index in [1.807, 2.05) is 11.0 Å². The molecule has 3 rings (SSSR count). The molecule has 1 aromatic heterocycles. The van der Waals surface area contributed by atoms with Gasteiger partial charge >= 0.3 is 0 Å². The van der Waals surface area contributed by atoms with Crippen molar-refractivity contribution in [2.45, 2.75) is 0 Å². The Balaban J connectivity index is 1.66. The molecule has 1 aliphatic rings. The highest BCUT2D eigenvalue weighted by molar-refractivity contribution is 6.03. The summed E-state index contributed by atoms with van der Waals surface area (Å²) >= 11 is 0. The minimum atomic E-state index is -0.289. The molecule has 2 heterocycles. The standard InChI is InChI=1S/C16H15N5O2/c17-9-12-1-3-14(4-2-12)20-15(22)13-10-18-16(19-11-13)21-5-7-23-8-6-21/h1-4,10-11H,5-8H2,(H,20,22). The quantitative estimate of drug-likeness (QED) is 0.922. The molecule has 2 aromatic rings. The Kier molecular flexibility index (Phi) is 4.45. The van der Waals surface area contributed by atoms with E-state index in [4.69, 9.17) is 10.00 Å². The number of morpholine rings is 1. The summed E-state index contributed by atoms with van der Waals surface area (Å²) in [4.78, 5) is 22.7. The van der Waals surface area contributed by atoms with Crippen molar-refractivity contribution in [3.05, 3.63) is 47.8 Å². The summed E-state index contributed by atoms with van der Waals surface area (Å²) in [6, 6.07) is 8.68. The van der Waals surface area contributed by atoms with Gasteiger partial charge in [-0.15, -0.1) is 0 Å². The second kappa shape index (κ2) is 6.85. The van der Waals surface area contributed by atoms with Crippen LogP contribution in [0.1, 0.15) is 15.9 Å². The number of carbonyl (C=O) groups excluding carboxylic acids is 1. The molecule has 1 fully saturated rings. The maximum atomic E-state index is 12.2. The van der Waals surface area contributed by atoms with Gasteiger partial charge in [-0.3, -0.25) is 4.79 Å². The monoisotopic (exact) mass is 309 g/mol. The first-order valence-electron chi connectivity index (χ1n) is 7.22. The summed E-state index contributed by atoms with van der Waals surface area (Å²) in [5.41, 5.74) is 1.54. The number of nitrogens with zero attached hydrogens (tertiary/aromatic N) is 4. The molecular formula is C16H15N5O2. The van der Waals surface area contributed by atoms with Crippen LogP contribution in [0.4, 0.5) is 11.6 Å². The van der Waals surface area contributed by atoms with E-state index >= 15 is 0 Å². The Labute approximate surface area is 133 Å².